The lowest BCUT2D eigenvalue weighted by Gasteiger charge is -2.37. The molecule has 0 spiro atoms. The molecule has 1 heterocycles. The molecule has 226 valence electrons. The van der Waals surface area contributed by atoms with Crippen molar-refractivity contribution in [3.8, 4) is 6.07 Å². The molecule has 0 aromatic heterocycles. The van der Waals surface area contributed by atoms with E-state index in [0.717, 1.165) is 11.6 Å². The number of carbonyl (C=O) groups excluding carboxylic acids is 1. The van der Waals surface area contributed by atoms with Gasteiger partial charge < -0.3 is 15.7 Å². The summed E-state index contributed by atoms with van der Waals surface area (Å²) >= 11 is 12.3. The van der Waals surface area contributed by atoms with Gasteiger partial charge in [-0.15, -0.1) is 0 Å². The van der Waals surface area contributed by atoms with Crippen LogP contribution in [0.3, 0.4) is 0 Å². The molecule has 3 N–H and O–H groups in total. The van der Waals surface area contributed by atoms with Crippen LogP contribution in [0, 0.1) is 34.3 Å². The van der Waals surface area contributed by atoms with Gasteiger partial charge in [-0.05, 0) is 59.7 Å². The number of halogens is 4. The molecule has 0 saturated carbocycles. The summed E-state index contributed by atoms with van der Waals surface area (Å²) in [5.41, 5.74) is -0.898. The van der Waals surface area contributed by atoms with E-state index in [1.807, 2.05) is 20.8 Å². The van der Waals surface area contributed by atoms with Gasteiger partial charge in [0, 0.05) is 28.2 Å². The largest absolute Gasteiger partial charge is 0.481 e. The van der Waals surface area contributed by atoms with Gasteiger partial charge in [0.05, 0.1) is 23.1 Å². The molecule has 6 nitrogen and oxygen atoms in total. The Morgan fingerprint density at radius 3 is 2.37 bits per heavy atom. The number of rotatable bonds is 8. The molecule has 0 aliphatic carbocycles. The number of nitrogens with one attached hydrogen (secondary N) is 2. The lowest BCUT2D eigenvalue weighted by molar-refractivity contribution is -0.141. The van der Waals surface area contributed by atoms with Crippen molar-refractivity contribution in [2.24, 2.45) is 11.3 Å². The predicted molar refractivity (Wildman–Crippen MR) is 163 cm³/mol. The minimum Gasteiger partial charge on any atom is -0.481 e. The lowest BCUT2D eigenvalue weighted by atomic mass is 9.62. The molecule has 1 amide bonds. The fourth-order valence-electron chi connectivity index (χ4n) is 5.94. The maximum absolute atomic E-state index is 15.8. The number of nitrogens with zero attached hydrogens (tertiary/aromatic N) is 1. The summed E-state index contributed by atoms with van der Waals surface area (Å²) in [4.78, 5) is 25.2. The second-order valence-corrected chi connectivity index (χ2v) is 13.2. The maximum atomic E-state index is 15.8. The van der Waals surface area contributed by atoms with Crippen molar-refractivity contribution in [3.05, 3.63) is 99.0 Å². The van der Waals surface area contributed by atoms with Gasteiger partial charge in [-0.2, -0.15) is 5.26 Å². The highest BCUT2D eigenvalue weighted by atomic mass is 35.5. The van der Waals surface area contributed by atoms with Crippen molar-refractivity contribution in [2.45, 2.75) is 64.0 Å². The molecule has 3 aromatic rings. The minimum absolute atomic E-state index is 0.00210. The fraction of sp³-hybridized carbons (Fsp3) is 0.364. The van der Waals surface area contributed by atoms with E-state index in [1.165, 1.54) is 30.3 Å². The van der Waals surface area contributed by atoms with Gasteiger partial charge in [-0.1, -0.05) is 81.2 Å². The average Bonchev–Trinajstić information content (AvgIpc) is 3.24. The Morgan fingerprint density at radius 2 is 1.79 bits per heavy atom. The van der Waals surface area contributed by atoms with E-state index in [4.69, 9.17) is 23.2 Å². The van der Waals surface area contributed by atoms with E-state index in [0.29, 0.717) is 18.5 Å². The number of carbonyl (C=O) groups is 2. The summed E-state index contributed by atoms with van der Waals surface area (Å²) in [7, 11) is 0. The number of anilines is 1. The van der Waals surface area contributed by atoms with Crippen molar-refractivity contribution < 1.29 is 23.5 Å². The van der Waals surface area contributed by atoms with E-state index in [1.54, 1.807) is 31.2 Å². The summed E-state index contributed by atoms with van der Waals surface area (Å²) in [6.07, 6.45) is 0.664. The number of carboxylic acids is 1. The highest BCUT2D eigenvalue weighted by Crippen LogP contribution is 2.52. The molecule has 1 fully saturated rings. The number of hydrogen-bond donors (Lipinski definition) is 3. The zero-order valence-electron chi connectivity index (χ0n) is 24.2. The first-order valence-corrected chi connectivity index (χ1v) is 14.6. The average molecular weight is 629 g/mol. The Kier molecular flexibility index (Phi) is 9.51. The van der Waals surface area contributed by atoms with Gasteiger partial charge in [0.25, 0.3) is 0 Å². The van der Waals surface area contributed by atoms with Crippen LogP contribution in [0.5, 0.6) is 0 Å². The SMILES string of the molecule is CC(Cc1ccc(NC(=O)[C@@H]2N[C@@H](CC(C)(C)C)[C@](C#N)(c3ccc(Cl)cc3F)[C@H]2c2cccc(Cl)c2F)cc1)C(=O)O. The van der Waals surface area contributed by atoms with Crippen LogP contribution < -0.4 is 10.6 Å². The molecule has 5 atom stereocenters. The highest BCUT2D eigenvalue weighted by Gasteiger charge is 2.61. The van der Waals surface area contributed by atoms with Gasteiger partial charge in [0.1, 0.15) is 17.0 Å². The predicted octanol–water partition coefficient (Wildman–Crippen LogP) is 7.50. The molecular weight excluding hydrogens is 595 g/mol. The van der Waals surface area contributed by atoms with Gasteiger partial charge in [-0.25, -0.2) is 8.78 Å². The van der Waals surface area contributed by atoms with Crippen molar-refractivity contribution in [2.75, 3.05) is 5.32 Å². The Labute approximate surface area is 260 Å². The van der Waals surface area contributed by atoms with Gasteiger partial charge >= 0.3 is 5.97 Å². The molecule has 4 rings (SSSR count). The smallest absolute Gasteiger partial charge is 0.306 e. The number of amides is 1. The van der Waals surface area contributed by atoms with E-state index >= 15 is 8.78 Å². The number of nitriles is 1. The van der Waals surface area contributed by atoms with E-state index in [-0.39, 0.29) is 26.6 Å². The normalized spacial score (nSPS) is 22.5. The number of hydrogen-bond acceptors (Lipinski definition) is 4. The zero-order chi connectivity index (χ0) is 31.7. The van der Waals surface area contributed by atoms with Crippen LogP contribution in [-0.4, -0.2) is 29.1 Å². The van der Waals surface area contributed by atoms with Crippen LogP contribution >= 0.6 is 23.2 Å². The van der Waals surface area contributed by atoms with E-state index < -0.39 is 52.8 Å². The van der Waals surface area contributed by atoms with Crippen LogP contribution in [0.4, 0.5) is 14.5 Å². The summed E-state index contributed by atoms with van der Waals surface area (Å²) in [6, 6.07) is 15.5. The van der Waals surface area contributed by atoms with Crippen molar-refractivity contribution in [1.82, 2.24) is 5.32 Å². The third kappa shape index (κ3) is 6.70. The first kappa shape index (κ1) is 32.4. The first-order valence-electron chi connectivity index (χ1n) is 13.9. The Morgan fingerprint density at radius 1 is 1.12 bits per heavy atom. The summed E-state index contributed by atoms with van der Waals surface area (Å²) in [5, 5.41) is 26.2. The standard InChI is InChI=1S/C33H33Cl2F2N3O3/c1-18(31(42)43)14-19-8-11-21(12-9-19)39-30(41)29-27(22-6-5-7-24(35)28(22)37)33(17-38,26(40-29)16-32(2,3)4)23-13-10-20(34)15-25(23)36/h5-13,15,18,26-27,29,40H,14,16H2,1-4H3,(H,39,41)(H,42,43)/t18?,26-,27-,29+,33-/m0/s1. The fourth-order valence-corrected chi connectivity index (χ4v) is 6.28. The van der Waals surface area contributed by atoms with Crippen LogP contribution in [0.25, 0.3) is 0 Å². The zero-order valence-corrected chi connectivity index (χ0v) is 25.7. The molecule has 43 heavy (non-hydrogen) atoms. The maximum Gasteiger partial charge on any atom is 0.306 e. The number of aliphatic carboxylic acids is 1. The minimum atomic E-state index is -1.73. The first-order chi connectivity index (χ1) is 20.2. The van der Waals surface area contributed by atoms with E-state index in [2.05, 4.69) is 16.7 Å². The molecule has 1 aliphatic heterocycles. The third-order valence-corrected chi connectivity index (χ3v) is 8.44. The number of benzene rings is 3. The lowest BCUT2D eigenvalue weighted by Crippen LogP contribution is -2.45. The molecule has 0 radical (unpaired) electrons. The van der Waals surface area contributed by atoms with Crippen LogP contribution in [0.15, 0.2) is 60.7 Å². The van der Waals surface area contributed by atoms with Crippen LogP contribution in [0.1, 0.15) is 56.7 Å². The van der Waals surface area contributed by atoms with Gasteiger partial charge in [-0.3, -0.25) is 9.59 Å². The topological polar surface area (TPSA) is 102 Å². The van der Waals surface area contributed by atoms with Crippen LogP contribution in [0.2, 0.25) is 10.0 Å². The van der Waals surface area contributed by atoms with Crippen molar-refractivity contribution in [1.29, 1.82) is 5.26 Å². The van der Waals surface area contributed by atoms with Crippen molar-refractivity contribution >= 4 is 40.8 Å². The molecule has 1 aliphatic rings. The van der Waals surface area contributed by atoms with Crippen molar-refractivity contribution in [3.63, 3.8) is 0 Å². The molecular formula is C33H33Cl2F2N3O3. The number of carboxylic acid groups (broad SMARTS) is 1. The molecule has 1 unspecified atom stereocenters. The highest BCUT2D eigenvalue weighted by molar-refractivity contribution is 6.31. The summed E-state index contributed by atoms with van der Waals surface area (Å²) < 4.78 is 31.5. The Bertz CT molecular complexity index is 1570. The molecule has 10 heteroatoms. The van der Waals surface area contributed by atoms with Gasteiger partial charge in [0.15, 0.2) is 0 Å². The molecule has 1 saturated heterocycles. The second-order valence-electron chi connectivity index (χ2n) is 12.3. The monoisotopic (exact) mass is 627 g/mol. The summed E-state index contributed by atoms with van der Waals surface area (Å²) in [6.45, 7) is 7.50. The molecule has 0 bridgehead atoms. The quantitative estimate of drug-likeness (QED) is 0.240. The third-order valence-electron chi connectivity index (χ3n) is 7.92. The Hall–Kier alpha value is -3.51. The molecule has 3 aromatic carbocycles. The Balaban J connectivity index is 1.84. The van der Waals surface area contributed by atoms with E-state index in [9.17, 15) is 20.0 Å². The van der Waals surface area contributed by atoms with Gasteiger partial charge in [0.2, 0.25) is 5.91 Å². The van der Waals surface area contributed by atoms with Crippen LogP contribution in [-0.2, 0) is 21.4 Å². The summed E-state index contributed by atoms with van der Waals surface area (Å²) in [5.74, 6) is -4.77. The second kappa shape index (κ2) is 12.6.